The molecule has 0 fully saturated rings. The van der Waals surface area contributed by atoms with Crippen molar-refractivity contribution in [3.05, 3.63) is 88.3 Å². The summed E-state index contributed by atoms with van der Waals surface area (Å²) in [5, 5.41) is 9.00. The van der Waals surface area contributed by atoms with E-state index >= 15 is 4.39 Å². The lowest BCUT2D eigenvalue weighted by Crippen LogP contribution is -2.35. The second-order valence-corrected chi connectivity index (χ2v) is 9.63. The van der Waals surface area contributed by atoms with E-state index in [-0.39, 0.29) is 11.4 Å². The number of pyridine rings is 1. The first kappa shape index (κ1) is 22.5. The molecule has 0 amide bonds. The Morgan fingerprint density at radius 1 is 0.906 bits per heavy atom. The zero-order chi connectivity index (χ0) is 22.9. The Morgan fingerprint density at radius 2 is 1.62 bits per heavy atom. The number of hydrogen-bond acceptors (Lipinski definition) is 3. The molecule has 3 aromatic carbocycles. The minimum atomic E-state index is -0.249. The summed E-state index contributed by atoms with van der Waals surface area (Å²) >= 11 is 12.2. The minimum Gasteiger partial charge on any atom is -0.355 e. The molecular formula is C26H24Cl2FN3. The predicted molar refractivity (Wildman–Crippen MR) is 133 cm³/mol. The summed E-state index contributed by atoms with van der Waals surface area (Å²) in [6.45, 7) is 6.57. The first-order valence-electron chi connectivity index (χ1n) is 10.3. The molecule has 4 aromatic rings. The number of anilines is 2. The van der Waals surface area contributed by atoms with Crippen LogP contribution in [0.5, 0.6) is 0 Å². The fourth-order valence-electron chi connectivity index (χ4n) is 3.47. The van der Waals surface area contributed by atoms with E-state index in [2.05, 4.69) is 36.4 Å². The number of benzene rings is 3. The molecule has 1 aromatic heterocycles. The van der Waals surface area contributed by atoms with Crippen molar-refractivity contribution in [3.8, 4) is 11.1 Å². The molecule has 0 unspecified atom stereocenters. The number of nitrogens with one attached hydrogen (secondary N) is 2. The van der Waals surface area contributed by atoms with Crippen LogP contribution in [0.3, 0.4) is 0 Å². The fourth-order valence-corrected chi connectivity index (χ4v) is 3.76. The van der Waals surface area contributed by atoms with E-state index in [0.29, 0.717) is 27.7 Å². The maximum atomic E-state index is 15.5. The molecule has 4 rings (SSSR count). The van der Waals surface area contributed by atoms with Crippen LogP contribution in [0.2, 0.25) is 10.0 Å². The highest BCUT2D eigenvalue weighted by atomic mass is 35.5. The highest BCUT2D eigenvalue weighted by molar-refractivity contribution is 6.31. The highest BCUT2D eigenvalue weighted by Crippen LogP contribution is 2.33. The molecule has 3 nitrogen and oxygen atoms in total. The summed E-state index contributed by atoms with van der Waals surface area (Å²) in [6, 6.07) is 18.3. The predicted octanol–water partition coefficient (Wildman–Crippen LogP) is 7.98. The molecule has 0 bridgehead atoms. The Balaban J connectivity index is 1.79. The third-order valence-electron chi connectivity index (χ3n) is 5.10. The SMILES string of the molecule is CC(C)(C)NCc1cc(Nc2ccnc3cc(Cl)ccc23)cc(-c2ccc(Cl)cc2)c1F. The Morgan fingerprint density at radius 3 is 2.34 bits per heavy atom. The standard InChI is InChI=1S/C26H24Cl2FN3/c1-26(2,3)31-15-17-12-20(14-22(25(17)29)16-4-6-18(27)7-5-16)32-23-10-11-30-24-13-19(28)8-9-21(23)24/h4-14,31H,15H2,1-3H3,(H,30,32). The van der Waals surface area contributed by atoms with Gasteiger partial charge in [-0.2, -0.15) is 0 Å². The smallest absolute Gasteiger partial charge is 0.135 e. The molecular weight excluding hydrogens is 444 g/mol. The topological polar surface area (TPSA) is 37.0 Å². The zero-order valence-electron chi connectivity index (χ0n) is 18.1. The molecule has 0 aliphatic heterocycles. The van der Waals surface area contributed by atoms with Crippen LogP contribution in [0.15, 0.2) is 66.9 Å². The molecule has 0 saturated heterocycles. The number of nitrogens with zero attached hydrogens (tertiary/aromatic N) is 1. The first-order chi connectivity index (χ1) is 15.2. The lowest BCUT2D eigenvalue weighted by atomic mass is 9.99. The lowest BCUT2D eigenvalue weighted by molar-refractivity contribution is 0.419. The minimum absolute atomic E-state index is 0.142. The van der Waals surface area contributed by atoms with Gasteiger partial charge in [0.1, 0.15) is 5.82 Å². The number of halogens is 3. The summed E-state index contributed by atoms with van der Waals surface area (Å²) in [5.41, 5.74) is 4.15. The molecule has 0 spiro atoms. The van der Waals surface area contributed by atoms with Gasteiger partial charge >= 0.3 is 0 Å². The fraction of sp³-hybridized carbons (Fsp3) is 0.192. The van der Waals surface area contributed by atoms with Crippen molar-refractivity contribution in [2.45, 2.75) is 32.9 Å². The molecule has 1 heterocycles. The van der Waals surface area contributed by atoms with Gasteiger partial charge in [0.15, 0.2) is 0 Å². The summed E-state index contributed by atoms with van der Waals surface area (Å²) in [5.74, 6) is -0.249. The van der Waals surface area contributed by atoms with Crippen molar-refractivity contribution < 1.29 is 4.39 Å². The van der Waals surface area contributed by atoms with Gasteiger partial charge in [-0.25, -0.2) is 4.39 Å². The van der Waals surface area contributed by atoms with E-state index in [9.17, 15) is 0 Å². The van der Waals surface area contributed by atoms with Crippen LogP contribution >= 0.6 is 23.2 Å². The van der Waals surface area contributed by atoms with Gasteiger partial charge < -0.3 is 10.6 Å². The summed E-state index contributed by atoms with van der Waals surface area (Å²) < 4.78 is 15.5. The van der Waals surface area contributed by atoms with Gasteiger partial charge in [-0.05, 0) is 74.9 Å². The summed E-state index contributed by atoms with van der Waals surface area (Å²) in [4.78, 5) is 4.40. The summed E-state index contributed by atoms with van der Waals surface area (Å²) in [6.07, 6.45) is 1.73. The van der Waals surface area contributed by atoms with Crippen molar-refractivity contribution in [1.82, 2.24) is 10.3 Å². The molecule has 164 valence electrons. The Hall–Kier alpha value is -2.66. The maximum Gasteiger partial charge on any atom is 0.135 e. The molecule has 0 saturated carbocycles. The van der Waals surface area contributed by atoms with Crippen molar-refractivity contribution in [2.24, 2.45) is 0 Å². The van der Waals surface area contributed by atoms with Crippen LogP contribution in [-0.4, -0.2) is 10.5 Å². The largest absolute Gasteiger partial charge is 0.355 e. The number of fused-ring (bicyclic) bond motifs is 1. The molecule has 0 aliphatic rings. The Bertz CT molecular complexity index is 1260. The van der Waals surface area contributed by atoms with Crippen LogP contribution in [0.25, 0.3) is 22.0 Å². The Labute approximate surface area is 197 Å². The monoisotopic (exact) mass is 467 g/mol. The van der Waals surface area contributed by atoms with Gasteiger partial charge in [0.2, 0.25) is 0 Å². The van der Waals surface area contributed by atoms with Gasteiger partial charge in [-0.1, -0.05) is 35.3 Å². The second-order valence-electron chi connectivity index (χ2n) is 8.75. The number of aromatic nitrogens is 1. The summed E-state index contributed by atoms with van der Waals surface area (Å²) in [7, 11) is 0. The van der Waals surface area contributed by atoms with Crippen LogP contribution in [0, 0.1) is 5.82 Å². The highest BCUT2D eigenvalue weighted by Gasteiger charge is 2.16. The normalized spacial score (nSPS) is 11.7. The molecule has 0 radical (unpaired) electrons. The van der Waals surface area contributed by atoms with Crippen molar-refractivity contribution in [2.75, 3.05) is 5.32 Å². The van der Waals surface area contributed by atoms with Gasteiger partial charge in [0.05, 0.1) is 5.52 Å². The van der Waals surface area contributed by atoms with Gasteiger partial charge in [-0.3, -0.25) is 4.98 Å². The Kier molecular flexibility index (Phi) is 6.38. The number of hydrogen-bond donors (Lipinski definition) is 2. The van der Waals surface area contributed by atoms with Crippen molar-refractivity contribution in [3.63, 3.8) is 0 Å². The van der Waals surface area contributed by atoms with Gasteiger partial charge in [0.25, 0.3) is 0 Å². The van der Waals surface area contributed by atoms with Gasteiger partial charge in [-0.15, -0.1) is 0 Å². The molecule has 0 aliphatic carbocycles. The zero-order valence-corrected chi connectivity index (χ0v) is 19.7. The third-order valence-corrected chi connectivity index (χ3v) is 5.58. The third kappa shape index (κ3) is 5.21. The molecule has 32 heavy (non-hydrogen) atoms. The van der Waals surface area contributed by atoms with E-state index in [0.717, 1.165) is 27.8 Å². The average molecular weight is 468 g/mol. The van der Waals surface area contributed by atoms with Crippen LogP contribution < -0.4 is 10.6 Å². The average Bonchev–Trinajstić information content (AvgIpc) is 2.74. The maximum absolute atomic E-state index is 15.5. The van der Waals surface area contributed by atoms with E-state index in [1.807, 2.05) is 48.5 Å². The van der Waals surface area contributed by atoms with Crippen LogP contribution in [0.4, 0.5) is 15.8 Å². The van der Waals surface area contributed by atoms with Gasteiger partial charge in [0, 0.05) is 56.2 Å². The van der Waals surface area contributed by atoms with Crippen LogP contribution in [0.1, 0.15) is 26.3 Å². The second kappa shape index (κ2) is 9.07. The van der Waals surface area contributed by atoms with Crippen molar-refractivity contribution >= 4 is 45.5 Å². The van der Waals surface area contributed by atoms with E-state index in [1.165, 1.54) is 0 Å². The van der Waals surface area contributed by atoms with E-state index in [1.54, 1.807) is 18.3 Å². The quantitative estimate of drug-likeness (QED) is 0.312. The first-order valence-corrected chi connectivity index (χ1v) is 11.1. The van der Waals surface area contributed by atoms with E-state index < -0.39 is 0 Å². The number of rotatable bonds is 5. The lowest BCUT2D eigenvalue weighted by Gasteiger charge is -2.22. The molecule has 0 atom stereocenters. The van der Waals surface area contributed by atoms with E-state index in [4.69, 9.17) is 23.2 Å². The van der Waals surface area contributed by atoms with Crippen LogP contribution in [-0.2, 0) is 6.54 Å². The molecule has 6 heteroatoms. The van der Waals surface area contributed by atoms with Crippen molar-refractivity contribution in [1.29, 1.82) is 0 Å². The molecule has 2 N–H and O–H groups in total.